The molecule has 4 heteroatoms. The number of rotatable bonds is 1. The van der Waals surface area contributed by atoms with Gasteiger partial charge in [-0.1, -0.05) is 0 Å². The zero-order valence-electron chi connectivity index (χ0n) is 9.08. The van der Waals surface area contributed by atoms with Crippen LogP contribution >= 0.6 is 0 Å². The summed E-state index contributed by atoms with van der Waals surface area (Å²) in [4.78, 5) is 13.2. The predicted octanol–water partition coefficient (Wildman–Crippen LogP) is 1.80. The Labute approximate surface area is 85.2 Å². The fraction of sp³-hybridized carbons (Fsp3) is 0.800. The van der Waals surface area contributed by atoms with E-state index in [1.54, 1.807) is 4.90 Å². The number of carbonyl (C=O) groups is 1. The highest BCUT2D eigenvalue weighted by Crippen LogP contribution is 2.16. The number of nitrogens with zero attached hydrogens (tertiary/aromatic N) is 1. The Kier molecular flexibility index (Phi) is 3.37. The summed E-state index contributed by atoms with van der Waals surface area (Å²) >= 11 is 0. The number of ether oxygens (including phenoxy) is 2. The fourth-order valence-electron chi connectivity index (χ4n) is 1.36. The van der Waals surface area contributed by atoms with Crippen molar-refractivity contribution in [1.82, 2.24) is 4.90 Å². The first kappa shape index (κ1) is 11.3. The average molecular weight is 200 g/mol. The van der Waals surface area contributed by atoms with Gasteiger partial charge in [-0.2, -0.15) is 0 Å². The lowest BCUT2D eigenvalue weighted by Gasteiger charge is -2.24. The van der Waals surface area contributed by atoms with Crippen molar-refractivity contribution in [2.45, 2.75) is 38.9 Å². The van der Waals surface area contributed by atoms with Gasteiger partial charge in [-0.05, 0) is 27.2 Å². The second kappa shape index (κ2) is 4.17. The lowest BCUT2D eigenvalue weighted by molar-refractivity contribution is 0.0264. The molecule has 0 aromatic rings. The fourth-order valence-corrected chi connectivity index (χ4v) is 1.36. The van der Waals surface area contributed by atoms with E-state index < -0.39 is 5.60 Å². The van der Waals surface area contributed by atoms with E-state index in [4.69, 9.17) is 9.47 Å². The van der Waals surface area contributed by atoms with Crippen molar-refractivity contribution in [3.8, 4) is 0 Å². The van der Waals surface area contributed by atoms with Crippen LogP contribution < -0.4 is 0 Å². The molecule has 0 saturated carbocycles. The molecule has 0 aliphatic carbocycles. The first-order valence-electron chi connectivity index (χ1n) is 4.81. The van der Waals surface area contributed by atoms with Crippen molar-refractivity contribution in [1.29, 1.82) is 0 Å². The summed E-state index contributed by atoms with van der Waals surface area (Å²) in [5, 5.41) is 0. The van der Waals surface area contributed by atoms with E-state index in [9.17, 15) is 4.79 Å². The molecule has 1 atom stereocenters. The number of likely N-dealkylation sites (tertiary alicyclic amines) is 1. The summed E-state index contributed by atoms with van der Waals surface area (Å²) in [6, 6.07) is 0. The molecular formula is C10H18NO3. The van der Waals surface area contributed by atoms with Gasteiger partial charge in [0.15, 0.2) is 0 Å². The molecule has 0 aromatic heterocycles. The molecule has 1 unspecified atom stereocenters. The quantitative estimate of drug-likeness (QED) is 0.648. The maximum absolute atomic E-state index is 11.6. The Hall–Kier alpha value is -0.770. The number of amides is 1. The van der Waals surface area contributed by atoms with Crippen LogP contribution in [0, 0.1) is 7.11 Å². The van der Waals surface area contributed by atoms with Gasteiger partial charge in [-0.3, -0.25) is 0 Å². The van der Waals surface area contributed by atoms with Crippen molar-refractivity contribution in [3.63, 3.8) is 0 Å². The van der Waals surface area contributed by atoms with Gasteiger partial charge in [0.05, 0.1) is 19.8 Å². The van der Waals surface area contributed by atoms with Crippen molar-refractivity contribution in [3.05, 3.63) is 7.11 Å². The standard InChI is InChI=1S/C10H18NO3/c1-10(2,3)14-9(12)11-6-5-8(7-11)13-4/h8H,4-7H2,1-3H3. The third-order valence-corrected chi connectivity index (χ3v) is 2.03. The van der Waals surface area contributed by atoms with Gasteiger partial charge >= 0.3 is 6.09 Å². The minimum Gasteiger partial charge on any atom is -0.444 e. The Morgan fingerprint density at radius 3 is 2.57 bits per heavy atom. The summed E-state index contributed by atoms with van der Waals surface area (Å²) < 4.78 is 10.1. The van der Waals surface area contributed by atoms with Crippen LogP contribution in [0.1, 0.15) is 27.2 Å². The molecule has 1 aliphatic heterocycles. The maximum Gasteiger partial charge on any atom is 0.410 e. The van der Waals surface area contributed by atoms with Crippen LogP contribution in [0.4, 0.5) is 4.79 Å². The largest absolute Gasteiger partial charge is 0.444 e. The molecule has 14 heavy (non-hydrogen) atoms. The molecule has 1 radical (unpaired) electrons. The van der Waals surface area contributed by atoms with Gasteiger partial charge in [0, 0.05) is 6.54 Å². The molecule has 0 N–H and O–H groups in total. The summed E-state index contributed by atoms with van der Waals surface area (Å²) in [6.45, 7) is 6.84. The molecule has 4 nitrogen and oxygen atoms in total. The minimum absolute atomic E-state index is 0.0579. The lowest BCUT2D eigenvalue weighted by atomic mass is 10.2. The highest BCUT2D eigenvalue weighted by atomic mass is 16.6. The Morgan fingerprint density at radius 1 is 1.50 bits per heavy atom. The van der Waals surface area contributed by atoms with Crippen molar-refractivity contribution in [2.75, 3.05) is 13.1 Å². The van der Waals surface area contributed by atoms with Crippen LogP contribution in [-0.2, 0) is 9.47 Å². The SMILES string of the molecule is [CH2]OC1CCN(C(=O)OC(C)(C)C)C1. The average Bonchev–Trinajstić information content (AvgIpc) is 2.48. The van der Waals surface area contributed by atoms with Crippen LogP contribution in [0.5, 0.6) is 0 Å². The Morgan fingerprint density at radius 2 is 2.14 bits per heavy atom. The maximum atomic E-state index is 11.6. The molecule has 0 bridgehead atoms. The molecule has 0 aromatic carbocycles. The number of hydrogen-bond donors (Lipinski definition) is 0. The third-order valence-electron chi connectivity index (χ3n) is 2.03. The summed E-state index contributed by atoms with van der Waals surface area (Å²) in [6.07, 6.45) is 0.627. The van der Waals surface area contributed by atoms with Gasteiger partial charge in [-0.25, -0.2) is 4.79 Å². The molecule has 0 spiro atoms. The normalized spacial score (nSPS) is 22.6. The van der Waals surface area contributed by atoms with Gasteiger partial charge < -0.3 is 14.4 Å². The highest BCUT2D eigenvalue weighted by molar-refractivity contribution is 5.68. The summed E-state index contributed by atoms with van der Waals surface area (Å²) in [5.41, 5.74) is -0.430. The van der Waals surface area contributed by atoms with Gasteiger partial charge in [0.1, 0.15) is 5.60 Å². The van der Waals surface area contributed by atoms with E-state index in [1.165, 1.54) is 0 Å². The second-order valence-electron chi connectivity index (χ2n) is 4.50. The van der Waals surface area contributed by atoms with Gasteiger partial charge in [0.2, 0.25) is 0 Å². The van der Waals surface area contributed by atoms with Crippen LogP contribution in [-0.4, -0.2) is 35.8 Å². The van der Waals surface area contributed by atoms with E-state index in [2.05, 4.69) is 7.11 Å². The van der Waals surface area contributed by atoms with Gasteiger partial charge in [-0.15, -0.1) is 0 Å². The molecule has 1 heterocycles. The molecule has 1 fully saturated rings. The zero-order chi connectivity index (χ0) is 10.8. The van der Waals surface area contributed by atoms with E-state index in [1.807, 2.05) is 20.8 Å². The van der Waals surface area contributed by atoms with Crippen molar-refractivity contribution >= 4 is 6.09 Å². The summed E-state index contributed by atoms with van der Waals surface area (Å²) in [5.74, 6) is 0. The Bertz CT molecular complexity index is 210. The van der Waals surface area contributed by atoms with Crippen LogP contribution in [0.25, 0.3) is 0 Å². The third kappa shape index (κ3) is 3.18. The molecule has 1 aliphatic rings. The monoisotopic (exact) mass is 200 g/mol. The van der Waals surface area contributed by atoms with E-state index in [0.717, 1.165) is 6.42 Å². The lowest BCUT2D eigenvalue weighted by Crippen LogP contribution is -2.35. The topological polar surface area (TPSA) is 38.8 Å². The number of carbonyl (C=O) groups excluding carboxylic acids is 1. The molecule has 1 amide bonds. The summed E-state index contributed by atoms with van der Waals surface area (Å²) in [7, 11) is 3.36. The smallest absolute Gasteiger partial charge is 0.410 e. The van der Waals surface area contributed by atoms with Crippen molar-refractivity contribution < 1.29 is 14.3 Å². The van der Waals surface area contributed by atoms with Crippen LogP contribution in [0.2, 0.25) is 0 Å². The highest BCUT2D eigenvalue weighted by Gasteiger charge is 2.29. The molecule has 1 saturated heterocycles. The first-order chi connectivity index (χ1) is 6.42. The number of hydrogen-bond acceptors (Lipinski definition) is 3. The van der Waals surface area contributed by atoms with E-state index >= 15 is 0 Å². The van der Waals surface area contributed by atoms with Gasteiger partial charge in [0.25, 0.3) is 0 Å². The molecule has 81 valence electrons. The molecular weight excluding hydrogens is 182 g/mol. The minimum atomic E-state index is -0.430. The Balaban J connectivity index is 2.40. The van der Waals surface area contributed by atoms with Crippen LogP contribution in [0.15, 0.2) is 0 Å². The van der Waals surface area contributed by atoms with Crippen LogP contribution in [0.3, 0.4) is 0 Å². The second-order valence-corrected chi connectivity index (χ2v) is 4.50. The predicted molar refractivity (Wildman–Crippen MR) is 52.7 cm³/mol. The zero-order valence-corrected chi connectivity index (χ0v) is 9.08. The first-order valence-corrected chi connectivity index (χ1v) is 4.81. The van der Waals surface area contributed by atoms with E-state index in [0.29, 0.717) is 13.1 Å². The molecule has 1 rings (SSSR count). The van der Waals surface area contributed by atoms with E-state index in [-0.39, 0.29) is 12.2 Å². The van der Waals surface area contributed by atoms with Crippen molar-refractivity contribution in [2.24, 2.45) is 0 Å².